The van der Waals surface area contributed by atoms with Gasteiger partial charge in [-0.05, 0) is 20.8 Å². The van der Waals surface area contributed by atoms with Gasteiger partial charge in [0.15, 0.2) is 0 Å². The highest BCUT2D eigenvalue weighted by molar-refractivity contribution is 7.49. The zero-order valence-electron chi connectivity index (χ0n) is 28.4. The summed E-state index contributed by atoms with van der Waals surface area (Å²) in [6, 6.07) is 0. The number of aliphatic hydroxyl groups excluding tert-OH is 1. The van der Waals surface area contributed by atoms with Crippen molar-refractivity contribution in [3.8, 4) is 0 Å². The molecule has 3 saturated heterocycles. The van der Waals surface area contributed by atoms with Gasteiger partial charge in [-0.2, -0.15) is 0 Å². The van der Waals surface area contributed by atoms with Crippen molar-refractivity contribution < 1.29 is 73.7 Å². The molecule has 0 aromatic carbocycles. The molecule has 22 heteroatoms. The summed E-state index contributed by atoms with van der Waals surface area (Å²) in [6.45, 7) is 23.9. The first kappa shape index (κ1) is 43.0. The fourth-order valence-electron chi connectivity index (χ4n) is 5.29. The van der Waals surface area contributed by atoms with Crippen LogP contribution < -0.4 is 0 Å². The summed E-state index contributed by atoms with van der Waals surface area (Å²) in [5.41, 5.74) is 0. The van der Waals surface area contributed by atoms with Gasteiger partial charge in [0.05, 0.1) is 38.1 Å². The summed E-state index contributed by atoms with van der Waals surface area (Å²) in [5.74, 6) is 0. The smallest absolute Gasteiger partial charge is 0.394 e. The minimum absolute atomic E-state index is 0.0580. The summed E-state index contributed by atoms with van der Waals surface area (Å²) in [6.07, 6.45) is -5.67. The first-order valence-corrected chi connectivity index (χ1v) is 20.4. The number of hydrogen-bond donors (Lipinski definition) is 1. The highest BCUT2D eigenvalue weighted by atomic mass is 31.2. The minimum atomic E-state index is -4.46. The average molecular weight is 774 g/mol. The fourth-order valence-corrected chi connectivity index (χ4v) is 9.17. The maximum Gasteiger partial charge on any atom is 0.475 e. The number of phosphoric ester groups is 3. The van der Waals surface area contributed by atoms with E-state index in [1.54, 1.807) is 20.8 Å². The molecule has 3 heterocycles. The lowest BCUT2D eigenvalue weighted by Crippen LogP contribution is -2.32. The van der Waals surface area contributed by atoms with E-state index in [1.165, 1.54) is 0 Å². The second-order valence-corrected chi connectivity index (χ2v) is 16.5. The van der Waals surface area contributed by atoms with Crippen molar-refractivity contribution in [2.75, 3.05) is 66.4 Å². The Morgan fingerprint density at radius 3 is 1.30 bits per heavy atom. The predicted molar refractivity (Wildman–Crippen MR) is 173 cm³/mol. The summed E-state index contributed by atoms with van der Waals surface area (Å²) < 4.78 is 108. The predicted octanol–water partition coefficient (Wildman–Crippen LogP) is 4.48. The molecular weight excluding hydrogens is 727 g/mol. The molecule has 3 fully saturated rings. The third kappa shape index (κ3) is 13.6. The molecule has 3 rings (SSSR count). The number of aliphatic hydroxyl groups is 1. The lowest BCUT2D eigenvalue weighted by Gasteiger charge is -2.27. The van der Waals surface area contributed by atoms with Crippen molar-refractivity contribution in [3.63, 3.8) is 0 Å². The van der Waals surface area contributed by atoms with Gasteiger partial charge in [0.1, 0.15) is 56.4 Å². The maximum absolute atomic E-state index is 14.0. The van der Waals surface area contributed by atoms with E-state index in [0.29, 0.717) is 6.42 Å². The van der Waals surface area contributed by atoms with Gasteiger partial charge in [-0.3, -0.25) is 40.7 Å². The van der Waals surface area contributed by atoms with Crippen LogP contribution in [0.2, 0.25) is 0 Å². The van der Waals surface area contributed by atoms with Crippen molar-refractivity contribution in [1.82, 2.24) is 0 Å². The molecule has 0 saturated carbocycles. The van der Waals surface area contributed by atoms with E-state index < -0.39 is 79.4 Å². The molecule has 0 amide bonds. The minimum Gasteiger partial charge on any atom is -0.394 e. The van der Waals surface area contributed by atoms with Crippen molar-refractivity contribution >= 4 is 23.5 Å². The van der Waals surface area contributed by atoms with Crippen LogP contribution >= 0.6 is 23.5 Å². The lowest BCUT2D eigenvalue weighted by molar-refractivity contribution is -0.0459. The molecule has 12 atom stereocenters. The normalized spacial score (nSPS) is 33.1. The van der Waals surface area contributed by atoms with Gasteiger partial charge in [0.25, 0.3) is 0 Å². The van der Waals surface area contributed by atoms with Crippen LogP contribution in [-0.4, -0.2) is 126 Å². The number of nitrogens with zero attached hydrogens (tertiary/aromatic N) is 3. The van der Waals surface area contributed by atoms with E-state index in [2.05, 4.69) is 14.5 Å². The molecular formula is C28H46N3O16P3. The number of phosphoric acid groups is 3. The first-order valence-electron chi connectivity index (χ1n) is 16.0. The van der Waals surface area contributed by atoms with Crippen LogP contribution in [-0.2, 0) is 68.6 Å². The third-order valence-electron chi connectivity index (χ3n) is 7.51. The highest BCUT2D eigenvalue weighted by Crippen LogP contribution is 2.56. The second kappa shape index (κ2) is 20.8. The van der Waals surface area contributed by atoms with Gasteiger partial charge in [0.2, 0.25) is 19.6 Å². The van der Waals surface area contributed by atoms with E-state index in [1.807, 2.05) is 0 Å². The quantitative estimate of drug-likeness (QED) is 0.0867. The Balaban J connectivity index is 1.71. The van der Waals surface area contributed by atoms with Crippen LogP contribution in [0.4, 0.5) is 0 Å². The van der Waals surface area contributed by atoms with E-state index >= 15 is 0 Å². The van der Waals surface area contributed by atoms with E-state index in [4.69, 9.17) is 74.6 Å². The number of ether oxygens (including phenoxy) is 3. The first-order chi connectivity index (χ1) is 23.8. The van der Waals surface area contributed by atoms with Gasteiger partial charge in [-0.15, -0.1) is 0 Å². The molecule has 19 nitrogen and oxygen atoms in total. The molecule has 0 spiro atoms. The Kier molecular flexibility index (Phi) is 17.9. The monoisotopic (exact) mass is 773 g/mol. The molecule has 12 unspecified atom stereocenters. The number of rotatable bonds is 23. The Hall–Kier alpha value is -1.36. The maximum atomic E-state index is 14.0. The zero-order chi connectivity index (χ0) is 36.8. The summed E-state index contributed by atoms with van der Waals surface area (Å²) in [5, 5.41) is 9.69. The summed E-state index contributed by atoms with van der Waals surface area (Å²) in [7, 11) is -11.7. The number of hydrogen-bond acceptors (Lipinski definition) is 16. The van der Waals surface area contributed by atoms with Crippen LogP contribution in [0.5, 0.6) is 0 Å². The molecule has 3 aliphatic heterocycles. The largest absolute Gasteiger partial charge is 0.475 e. The van der Waals surface area contributed by atoms with Gasteiger partial charge >= 0.3 is 23.5 Å². The average Bonchev–Trinajstić information content (AvgIpc) is 3.73. The van der Waals surface area contributed by atoms with Gasteiger partial charge in [-0.25, -0.2) is 33.4 Å². The molecule has 0 aliphatic carbocycles. The molecule has 1 N–H and O–H groups in total. The molecule has 0 aromatic rings. The van der Waals surface area contributed by atoms with E-state index in [0.717, 1.165) is 7.11 Å². The van der Waals surface area contributed by atoms with E-state index in [9.17, 15) is 18.8 Å². The molecule has 50 heavy (non-hydrogen) atoms. The highest BCUT2D eigenvalue weighted by Gasteiger charge is 2.47. The lowest BCUT2D eigenvalue weighted by atomic mass is 10.1. The molecule has 3 aliphatic rings. The van der Waals surface area contributed by atoms with Gasteiger partial charge < -0.3 is 33.9 Å². The Labute approximate surface area is 292 Å². The van der Waals surface area contributed by atoms with Crippen LogP contribution in [0, 0.1) is 19.7 Å². The van der Waals surface area contributed by atoms with Crippen molar-refractivity contribution in [1.29, 1.82) is 0 Å². The van der Waals surface area contributed by atoms with Crippen LogP contribution in [0.1, 0.15) is 40.0 Å². The van der Waals surface area contributed by atoms with Crippen molar-refractivity contribution in [3.05, 3.63) is 34.3 Å². The van der Waals surface area contributed by atoms with Gasteiger partial charge in [-0.1, -0.05) is 0 Å². The van der Waals surface area contributed by atoms with Crippen LogP contribution in [0.15, 0.2) is 0 Å². The van der Waals surface area contributed by atoms with Crippen molar-refractivity contribution in [2.45, 2.75) is 95.0 Å². The fraction of sp³-hybridized carbons (Fsp3) is 0.893. The standard InChI is InChI=1S/C28H46N3O16P3/c1-20-14-23(26(17-32)42-20)46-49(34,38-12-9-30-5)40-19-28-25(16-22(3)44-28)47-50(35,39-13-10-31-6)41-18-27-24(15-21(2)43-27)45-48(33,36-7)37-11-8-29-4/h20-28,32H,8-19H2,1-3,7H3. The Bertz CT molecular complexity index is 1340. The Morgan fingerprint density at radius 2 is 0.940 bits per heavy atom. The van der Waals surface area contributed by atoms with Gasteiger partial charge in [0, 0.05) is 26.4 Å². The SMILES string of the molecule is [C-]#[N+]CCOP(=O)(OC)OC1CC(C)OC1COP(=O)(OCC[N+]#[C-])OC1CC(C)OC1COP(=O)(OCC[N+]#[C-])OC1CC(C)OC1CO. The second-order valence-electron chi connectivity index (χ2n) is 11.5. The Morgan fingerprint density at radius 1 is 0.600 bits per heavy atom. The molecule has 0 aromatic heterocycles. The third-order valence-corrected chi connectivity index (χ3v) is 12.0. The van der Waals surface area contributed by atoms with Crippen LogP contribution in [0.3, 0.4) is 0 Å². The molecule has 0 radical (unpaired) electrons. The summed E-state index contributed by atoms with van der Waals surface area (Å²) >= 11 is 0. The topological polar surface area (TPSA) is 195 Å². The summed E-state index contributed by atoms with van der Waals surface area (Å²) in [4.78, 5) is 9.54. The van der Waals surface area contributed by atoms with E-state index in [-0.39, 0.29) is 71.1 Å². The van der Waals surface area contributed by atoms with Crippen LogP contribution in [0.25, 0.3) is 14.5 Å². The molecule has 0 bridgehead atoms. The molecule has 284 valence electrons. The van der Waals surface area contributed by atoms with Crippen molar-refractivity contribution in [2.24, 2.45) is 0 Å². The zero-order valence-corrected chi connectivity index (χ0v) is 31.1.